The average Bonchev–Trinajstić information content (AvgIpc) is 2.42. The van der Waals surface area contributed by atoms with Gasteiger partial charge in [-0.25, -0.2) is 0 Å². The Labute approximate surface area is 109 Å². The van der Waals surface area contributed by atoms with Crippen molar-refractivity contribution in [3.8, 4) is 0 Å². The first-order valence-electron chi connectivity index (χ1n) is 6.56. The molecule has 1 rings (SSSR count). The molecule has 5 nitrogen and oxygen atoms in total. The minimum Gasteiger partial charge on any atom is -0.400 e. The molecule has 0 aromatic rings. The molecule has 1 atom stereocenters. The minimum absolute atomic E-state index is 0.162. The van der Waals surface area contributed by atoms with Crippen LogP contribution in [0.4, 0.5) is 0 Å². The molecular weight excluding hydrogens is 232 g/mol. The standard InChI is InChI=1S/C12H22N2O2.CH4O/c1-2-12(16)11(13)9-10-3-5-14(6-4-10)7-8-15;1-2/h8,10-11H,2-7,9,13H2,1H3;2H,1H3. The summed E-state index contributed by atoms with van der Waals surface area (Å²) in [5, 5.41) is 7.00. The lowest BCUT2D eigenvalue weighted by Gasteiger charge is -2.31. The highest BCUT2D eigenvalue weighted by Crippen LogP contribution is 2.21. The molecule has 1 aliphatic rings. The highest BCUT2D eigenvalue weighted by Gasteiger charge is 2.22. The molecule has 3 N–H and O–H groups in total. The zero-order valence-electron chi connectivity index (χ0n) is 11.5. The maximum Gasteiger partial charge on any atom is 0.149 e. The van der Waals surface area contributed by atoms with Crippen molar-refractivity contribution in [2.45, 2.75) is 38.6 Å². The van der Waals surface area contributed by atoms with Gasteiger partial charge in [0.2, 0.25) is 0 Å². The molecule has 0 saturated carbocycles. The lowest BCUT2D eigenvalue weighted by molar-refractivity contribution is -0.120. The van der Waals surface area contributed by atoms with Gasteiger partial charge in [0.25, 0.3) is 0 Å². The third-order valence-electron chi connectivity index (χ3n) is 3.39. The van der Waals surface area contributed by atoms with Gasteiger partial charge in [0.05, 0.1) is 12.6 Å². The quantitative estimate of drug-likeness (QED) is 0.665. The maximum atomic E-state index is 11.4. The highest BCUT2D eigenvalue weighted by molar-refractivity contribution is 5.83. The van der Waals surface area contributed by atoms with E-state index in [1.54, 1.807) is 0 Å². The van der Waals surface area contributed by atoms with Crippen molar-refractivity contribution >= 4 is 12.1 Å². The molecule has 1 unspecified atom stereocenters. The van der Waals surface area contributed by atoms with Crippen LogP contribution < -0.4 is 5.73 Å². The molecule has 0 radical (unpaired) electrons. The molecular formula is C13H26N2O3. The molecule has 0 amide bonds. The summed E-state index contributed by atoms with van der Waals surface area (Å²) in [6.45, 7) is 4.30. The number of likely N-dealkylation sites (tertiary alicyclic amines) is 1. The van der Waals surface area contributed by atoms with Crippen molar-refractivity contribution in [2.24, 2.45) is 11.7 Å². The van der Waals surface area contributed by atoms with Crippen molar-refractivity contribution in [2.75, 3.05) is 26.7 Å². The zero-order chi connectivity index (χ0) is 14.0. The molecule has 106 valence electrons. The molecule has 18 heavy (non-hydrogen) atoms. The van der Waals surface area contributed by atoms with Crippen LogP contribution in [0.5, 0.6) is 0 Å². The number of aliphatic hydroxyl groups excluding tert-OH is 1. The molecule has 1 fully saturated rings. The second-order valence-electron chi connectivity index (χ2n) is 4.57. The van der Waals surface area contributed by atoms with Crippen LogP contribution in [0.1, 0.15) is 32.6 Å². The highest BCUT2D eigenvalue weighted by atomic mass is 16.2. The topological polar surface area (TPSA) is 83.6 Å². The van der Waals surface area contributed by atoms with E-state index in [1.165, 1.54) is 0 Å². The van der Waals surface area contributed by atoms with Gasteiger partial charge in [0.1, 0.15) is 12.1 Å². The van der Waals surface area contributed by atoms with Crippen LogP contribution in [-0.2, 0) is 9.59 Å². The number of hydrogen-bond acceptors (Lipinski definition) is 5. The van der Waals surface area contributed by atoms with Crippen molar-refractivity contribution in [3.05, 3.63) is 0 Å². The minimum atomic E-state index is -0.285. The van der Waals surface area contributed by atoms with Crippen LogP contribution in [0.15, 0.2) is 0 Å². The largest absolute Gasteiger partial charge is 0.400 e. The van der Waals surface area contributed by atoms with Gasteiger partial charge >= 0.3 is 0 Å². The van der Waals surface area contributed by atoms with Crippen LogP contribution in [0, 0.1) is 5.92 Å². The Kier molecular flexibility index (Phi) is 9.73. The first-order valence-corrected chi connectivity index (χ1v) is 6.56. The predicted molar refractivity (Wildman–Crippen MR) is 71.3 cm³/mol. The molecule has 1 aliphatic heterocycles. The van der Waals surface area contributed by atoms with E-state index in [1.807, 2.05) is 6.92 Å². The van der Waals surface area contributed by atoms with Gasteiger partial charge < -0.3 is 15.6 Å². The number of hydrogen-bond donors (Lipinski definition) is 2. The Balaban J connectivity index is 0.00000137. The van der Waals surface area contributed by atoms with Crippen LogP contribution in [0.3, 0.4) is 0 Å². The van der Waals surface area contributed by atoms with Gasteiger partial charge in [-0.1, -0.05) is 6.92 Å². The summed E-state index contributed by atoms with van der Waals surface area (Å²) in [6, 6.07) is -0.285. The van der Waals surface area contributed by atoms with Crippen molar-refractivity contribution < 1.29 is 14.7 Å². The van der Waals surface area contributed by atoms with E-state index in [-0.39, 0.29) is 11.8 Å². The van der Waals surface area contributed by atoms with Gasteiger partial charge in [-0.2, -0.15) is 0 Å². The van der Waals surface area contributed by atoms with Gasteiger partial charge in [-0.3, -0.25) is 9.69 Å². The number of carbonyl (C=O) groups is 2. The number of rotatable bonds is 6. The normalized spacial score (nSPS) is 18.7. The lowest BCUT2D eigenvalue weighted by atomic mass is 9.89. The monoisotopic (exact) mass is 258 g/mol. The smallest absolute Gasteiger partial charge is 0.149 e. The molecule has 5 heteroatoms. The summed E-state index contributed by atoms with van der Waals surface area (Å²) in [6.07, 6.45) is 4.40. The first-order chi connectivity index (χ1) is 8.67. The Morgan fingerprint density at radius 1 is 1.44 bits per heavy atom. The summed E-state index contributed by atoms with van der Waals surface area (Å²) in [5.74, 6) is 0.712. The summed E-state index contributed by atoms with van der Waals surface area (Å²) in [4.78, 5) is 23.9. The van der Waals surface area contributed by atoms with Gasteiger partial charge in [-0.05, 0) is 38.3 Å². The molecule has 0 aliphatic carbocycles. The number of ketones is 1. The third-order valence-corrected chi connectivity index (χ3v) is 3.39. The summed E-state index contributed by atoms with van der Waals surface area (Å²) >= 11 is 0. The first kappa shape index (κ1) is 17.2. The van der Waals surface area contributed by atoms with E-state index in [4.69, 9.17) is 10.8 Å². The Hall–Kier alpha value is -0.780. The van der Waals surface area contributed by atoms with E-state index in [2.05, 4.69) is 4.90 Å². The lowest BCUT2D eigenvalue weighted by Crippen LogP contribution is -2.38. The van der Waals surface area contributed by atoms with E-state index < -0.39 is 0 Å². The van der Waals surface area contributed by atoms with E-state index in [0.29, 0.717) is 18.9 Å². The average molecular weight is 258 g/mol. The van der Waals surface area contributed by atoms with Gasteiger partial charge in [-0.15, -0.1) is 0 Å². The number of aliphatic hydroxyl groups is 1. The Morgan fingerprint density at radius 3 is 2.44 bits per heavy atom. The second-order valence-corrected chi connectivity index (χ2v) is 4.57. The number of carbonyl (C=O) groups excluding carboxylic acids is 2. The number of Topliss-reactive ketones (excluding diaryl/α,β-unsaturated/α-hetero) is 1. The summed E-state index contributed by atoms with van der Waals surface area (Å²) in [5.41, 5.74) is 5.83. The van der Waals surface area contributed by atoms with Crippen LogP contribution in [0.2, 0.25) is 0 Å². The number of nitrogens with zero attached hydrogens (tertiary/aromatic N) is 1. The molecule has 0 bridgehead atoms. The Morgan fingerprint density at radius 2 is 2.00 bits per heavy atom. The van der Waals surface area contributed by atoms with Crippen LogP contribution >= 0.6 is 0 Å². The van der Waals surface area contributed by atoms with E-state index in [0.717, 1.165) is 45.7 Å². The third kappa shape index (κ3) is 6.23. The second kappa shape index (κ2) is 10.2. The van der Waals surface area contributed by atoms with Crippen LogP contribution in [-0.4, -0.2) is 54.9 Å². The number of nitrogens with two attached hydrogens (primary N) is 1. The Bertz CT molecular complexity index is 238. The van der Waals surface area contributed by atoms with Crippen molar-refractivity contribution in [3.63, 3.8) is 0 Å². The SMILES string of the molecule is CCC(=O)C(N)CC1CCN(CC=O)CC1.CO. The van der Waals surface area contributed by atoms with Gasteiger partial charge in [0, 0.05) is 13.5 Å². The fourth-order valence-corrected chi connectivity index (χ4v) is 2.26. The van der Waals surface area contributed by atoms with Crippen molar-refractivity contribution in [1.82, 2.24) is 4.90 Å². The zero-order valence-corrected chi connectivity index (χ0v) is 11.5. The van der Waals surface area contributed by atoms with Crippen molar-refractivity contribution in [1.29, 1.82) is 0 Å². The molecule has 0 aromatic carbocycles. The van der Waals surface area contributed by atoms with E-state index in [9.17, 15) is 9.59 Å². The van der Waals surface area contributed by atoms with Crippen LogP contribution in [0.25, 0.3) is 0 Å². The summed E-state index contributed by atoms with van der Waals surface area (Å²) in [7, 11) is 1.00. The molecule has 1 saturated heterocycles. The number of aldehydes is 1. The number of piperidine rings is 1. The maximum absolute atomic E-state index is 11.4. The van der Waals surface area contributed by atoms with Gasteiger partial charge in [0.15, 0.2) is 0 Å². The predicted octanol–water partition coefficient (Wildman–Crippen LogP) is 0.202. The molecule has 0 aromatic heterocycles. The fourth-order valence-electron chi connectivity index (χ4n) is 2.26. The fraction of sp³-hybridized carbons (Fsp3) is 0.846. The molecule has 1 heterocycles. The summed E-state index contributed by atoms with van der Waals surface area (Å²) < 4.78 is 0. The molecule has 0 spiro atoms. The van der Waals surface area contributed by atoms with E-state index >= 15 is 0 Å².